The maximum Gasteiger partial charge on any atom is 0.237 e. The molecule has 1 aliphatic heterocycles. The summed E-state index contributed by atoms with van der Waals surface area (Å²) in [5, 5.41) is 22.2. The van der Waals surface area contributed by atoms with Crippen LogP contribution in [0.25, 0.3) is 0 Å². The molecule has 7 heteroatoms. The van der Waals surface area contributed by atoms with Gasteiger partial charge in [0.25, 0.3) is 0 Å². The monoisotopic (exact) mass is 275 g/mol. The van der Waals surface area contributed by atoms with Gasteiger partial charge in [0.05, 0.1) is 19.2 Å². The predicted molar refractivity (Wildman–Crippen MR) is 70.0 cm³/mol. The standard InChI is InChI=1S/C12H25N3O4/c13-6-2-1-4-9(14)11(17)15-8-12(18)10(16)5-3-7-19-12/h9-10,16,18H,1-8,13-14H2,(H,15,17). The first-order valence-electron chi connectivity index (χ1n) is 6.77. The van der Waals surface area contributed by atoms with Crippen LogP contribution in [-0.4, -0.2) is 53.7 Å². The van der Waals surface area contributed by atoms with Crippen molar-refractivity contribution in [3.8, 4) is 0 Å². The number of aliphatic hydroxyl groups excluding tert-OH is 1. The minimum absolute atomic E-state index is 0.155. The zero-order valence-corrected chi connectivity index (χ0v) is 11.2. The molecule has 0 bridgehead atoms. The molecule has 1 saturated heterocycles. The molecule has 1 heterocycles. The molecule has 0 saturated carbocycles. The number of amides is 1. The first kappa shape index (κ1) is 16.3. The number of carbonyl (C=O) groups excluding carboxylic acids is 1. The fraction of sp³-hybridized carbons (Fsp3) is 0.917. The Hall–Kier alpha value is -0.730. The van der Waals surface area contributed by atoms with Crippen molar-refractivity contribution in [3.05, 3.63) is 0 Å². The number of rotatable bonds is 7. The van der Waals surface area contributed by atoms with Crippen molar-refractivity contribution < 1.29 is 19.7 Å². The van der Waals surface area contributed by atoms with Crippen LogP contribution in [0.5, 0.6) is 0 Å². The molecule has 112 valence electrons. The third-order valence-corrected chi connectivity index (χ3v) is 3.32. The highest BCUT2D eigenvalue weighted by Crippen LogP contribution is 2.22. The maximum atomic E-state index is 11.7. The van der Waals surface area contributed by atoms with Gasteiger partial charge in [0, 0.05) is 0 Å². The van der Waals surface area contributed by atoms with E-state index < -0.39 is 17.9 Å². The fourth-order valence-corrected chi connectivity index (χ4v) is 2.00. The van der Waals surface area contributed by atoms with Gasteiger partial charge >= 0.3 is 0 Å². The van der Waals surface area contributed by atoms with Crippen LogP contribution in [0, 0.1) is 0 Å². The van der Waals surface area contributed by atoms with Crippen molar-refractivity contribution >= 4 is 5.91 Å². The van der Waals surface area contributed by atoms with Crippen LogP contribution in [0.15, 0.2) is 0 Å². The van der Waals surface area contributed by atoms with Crippen molar-refractivity contribution in [3.63, 3.8) is 0 Å². The molecule has 0 aliphatic carbocycles. The Morgan fingerprint density at radius 1 is 1.53 bits per heavy atom. The fourth-order valence-electron chi connectivity index (χ4n) is 2.00. The van der Waals surface area contributed by atoms with Gasteiger partial charge in [0.1, 0.15) is 6.10 Å². The van der Waals surface area contributed by atoms with Crippen LogP contribution in [0.2, 0.25) is 0 Å². The molecular weight excluding hydrogens is 250 g/mol. The number of carbonyl (C=O) groups is 1. The Morgan fingerprint density at radius 3 is 2.89 bits per heavy atom. The lowest BCUT2D eigenvalue weighted by atomic mass is 10.0. The van der Waals surface area contributed by atoms with E-state index in [1.807, 2.05) is 0 Å². The van der Waals surface area contributed by atoms with Gasteiger partial charge in [-0.1, -0.05) is 6.42 Å². The number of unbranched alkanes of at least 4 members (excludes halogenated alkanes) is 1. The zero-order valence-electron chi connectivity index (χ0n) is 11.2. The van der Waals surface area contributed by atoms with E-state index in [-0.39, 0.29) is 12.5 Å². The lowest BCUT2D eigenvalue weighted by Crippen LogP contribution is -2.57. The summed E-state index contributed by atoms with van der Waals surface area (Å²) in [4.78, 5) is 11.7. The van der Waals surface area contributed by atoms with Gasteiger partial charge < -0.3 is 31.7 Å². The summed E-state index contributed by atoms with van der Waals surface area (Å²) in [6.45, 7) is 0.789. The van der Waals surface area contributed by atoms with Crippen LogP contribution in [0.1, 0.15) is 32.1 Å². The van der Waals surface area contributed by atoms with Gasteiger partial charge in [0.15, 0.2) is 0 Å². The van der Waals surface area contributed by atoms with E-state index in [2.05, 4.69) is 5.32 Å². The van der Waals surface area contributed by atoms with Gasteiger partial charge in [-0.2, -0.15) is 0 Å². The predicted octanol–water partition coefficient (Wildman–Crippen LogP) is -1.58. The number of nitrogens with two attached hydrogens (primary N) is 2. The summed E-state index contributed by atoms with van der Waals surface area (Å²) in [5.74, 6) is -2.06. The van der Waals surface area contributed by atoms with E-state index in [9.17, 15) is 15.0 Å². The summed E-state index contributed by atoms with van der Waals surface area (Å²) in [7, 11) is 0. The van der Waals surface area contributed by atoms with Crippen molar-refractivity contribution in [2.75, 3.05) is 19.7 Å². The van der Waals surface area contributed by atoms with Gasteiger partial charge in [-0.15, -0.1) is 0 Å². The van der Waals surface area contributed by atoms with Crippen LogP contribution in [0.4, 0.5) is 0 Å². The third-order valence-electron chi connectivity index (χ3n) is 3.32. The maximum absolute atomic E-state index is 11.7. The number of nitrogens with one attached hydrogen (secondary N) is 1. The highest BCUT2D eigenvalue weighted by molar-refractivity contribution is 5.81. The van der Waals surface area contributed by atoms with Crippen molar-refractivity contribution in [1.29, 1.82) is 0 Å². The molecule has 7 N–H and O–H groups in total. The van der Waals surface area contributed by atoms with E-state index >= 15 is 0 Å². The van der Waals surface area contributed by atoms with E-state index in [0.29, 0.717) is 32.4 Å². The second-order valence-corrected chi connectivity index (χ2v) is 4.96. The van der Waals surface area contributed by atoms with E-state index in [0.717, 1.165) is 12.8 Å². The topological polar surface area (TPSA) is 131 Å². The molecule has 0 aromatic carbocycles. The number of ether oxygens (including phenoxy) is 1. The van der Waals surface area contributed by atoms with E-state index in [1.54, 1.807) is 0 Å². The molecule has 0 radical (unpaired) electrons. The van der Waals surface area contributed by atoms with Crippen molar-refractivity contribution in [2.45, 2.75) is 50.0 Å². The van der Waals surface area contributed by atoms with Gasteiger partial charge in [-0.3, -0.25) is 4.79 Å². The smallest absolute Gasteiger partial charge is 0.237 e. The van der Waals surface area contributed by atoms with Gasteiger partial charge in [-0.25, -0.2) is 0 Å². The summed E-state index contributed by atoms with van der Waals surface area (Å²) in [6, 6.07) is -0.629. The molecule has 0 aromatic heterocycles. The van der Waals surface area contributed by atoms with Gasteiger partial charge in [0.2, 0.25) is 11.7 Å². The third kappa shape index (κ3) is 5.04. The quantitative estimate of drug-likeness (QED) is 0.356. The minimum Gasteiger partial charge on any atom is -0.387 e. The Labute approximate surface area is 113 Å². The number of hydrogen-bond donors (Lipinski definition) is 5. The average Bonchev–Trinajstić information content (AvgIpc) is 2.40. The molecule has 1 aliphatic rings. The highest BCUT2D eigenvalue weighted by atomic mass is 16.6. The van der Waals surface area contributed by atoms with Crippen molar-refractivity contribution in [1.82, 2.24) is 5.32 Å². The molecule has 7 nitrogen and oxygen atoms in total. The highest BCUT2D eigenvalue weighted by Gasteiger charge is 2.39. The molecule has 0 spiro atoms. The Kier molecular flexibility index (Phi) is 6.67. The van der Waals surface area contributed by atoms with E-state index in [4.69, 9.17) is 16.2 Å². The summed E-state index contributed by atoms with van der Waals surface area (Å²) in [6.07, 6.45) is 2.31. The average molecular weight is 275 g/mol. The lowest BCUT2D eigenvalue weighted by molar-refractivity contribution is -0.271. The molecule has 3 unspecified atom stereocenters. The minimum atomic E-state index is -1.70. The lowest BCUT2D eigenvalue weighted by Gasteiger charge is -2.36. The normalized spacial score (nSPS) is 28.9. The molecule has 19 heavy (non-hydrogen) atoms. The Morgan fingerprint density at radius 2 is 2.26 bits per heavy atom. The first-order valence-corrected chi connectivity index (χ1v) is 6.77. The SMILES string of the molecule is NCCCCC(N)C(=O)NCC1(O)OCCCC1O. The van der Waals surface area contributed by atoms with Crippen LogP contribution in [0.3, 0.4) is 0 Å². The molecule has 1 rings (SSSR count). The second-order valence-electron chi connectivity index (χ2n) is 4.96. The summed E-state index contributed by atoms with van der Waals surface area (Å²) in [5.41, 5.74) is 11.1. The molecule has 1 fully saturated rings. The number of aliphatic hydroxyl groups is 2. The Balaban J connectivity index is 2.32. The van der Waals surface area contributed by atoms with Gasteiger partial charge in [-0.05, 0) is 32.2 Å². The second kappa shape index (κ2) is 7.76. The molecule has 0 aromatic rings. The Bertz CT molecular complexity index is 290. The first-order chi connectivity index (χ1) is 8.99. The van der Waals surface area contributed by atoms with Crippen LogP contribution >= 0.6 is 0 Å². The van der Waals surface area contributed by atoms with E-state index in [1.165, 1.54) is 0 Å². The molecule has 3 atom stereocenters. The van der Waals surface area contributed by atoms with Crippen LogP contribution < -0.4 is 16.8 Å². The molecular formula is C12H25N3O4. The van der Waals surface area contributed by atoms with Crippen molar-refractivity contribution in [2.24, 2.45) is 11.5 Å². The zero-order chi connectivity index (χ0) is 14.3. The summed E-state index contributed by atoms with van der Waals surface area (Å²) < 4.78 is 5.14. The number of hydrogen-bond acceptors (Lipinski definition) is 6. The summed E-state index contributed by atoms with van der Waals surface area (Å²) >= 11 is 0. The molecule has 1 amide bonds. The largest absolute Gasteiger partial charge is 0.387 e. The van der Waals surface area contributed by atoms with Crippen LogP contribution in [-0.2, 0) is 9.53 Å².